The Morgan fingerprint density at radius 2 is 1.88 bits per heavy atom. The van der Waals surface area contributed by atoms with Gasteiger partial charge in [-0.15, -0.1) is 11.3 Å². The first kappa shape index (κ1) is 17.7. The summed E-state index contributed by atoms with van der Waals surface area (Å²) >= 11 is 1.34. The summed E-state index contributed by atoms with van der Waals surface area (Å²) in [4.78, 5) is 50.7. The smallest absolute Gasteiger partial charge is 0.324 e. The van der Waals surface area contributed by atoms with Crippen molar-refractivity contribution in [3.8, 4) is 0 Å². The van der Waals surface area contributed by atoms with E-state index in [-0.39, 0.29) is 12.2 Å². The monoisotopic (exact) mass is 375 g/mol. The lowest BCUT2D eigenvalue weighted by Crippen LogP contribution is -2.38. The van der Waals surface area contributed by atoms with E-state index < -0.39 is 36.1 Å². The minimum Gasteiger partial charge on any atom is -0.324 e. The molecule has 5 amide bonds. The van der Waals surface area contributed by atoms with Gasteiger partial charge in [0.15, 0.2) is 0 Å². The van der Waals surface area contributed by atoms with E-state index in [2.05, 4.69) is 5.32 Å². The number of imide groups is 2. The van der Waals surface area contributed by atoms with Gasteiger partial charge < -0.3 is 5.32 Å². The van der Waals surface area contributed by atoms with Crippen LogP contribution in [0.25, 0.3) is 0 Å². The number of amides is 5. The Bertz CT molecular complexity index is 897. The van der Waals surface area contributed by atoms with Crippen LogP contribution in [0.5, 0.6) is 0 Å². The molecule has 2 heterocycles. The quantitative estimate of drug-likeness (QED) is 0.641. The van der Waals surface area contributed by atoms with Gasteiger partial charge in [0.2, 0.25) is 5.91 Å². The number of benzene rings is 1. The number of nitrogens with one attached hydrogen (secondary N) is 1. The van der Waals surface area contributed by atoms with E-state index in [4.69, 9.17) is 0 Å². The number of carbonyl (C=O) groups is 4. The molecule has 1 aliphatic rings. The molecule has 0 radical (unpaired) electrons. The van der Waals surface area contributed by atoms with Crippen molar-refractivity contribution in [2.45, 2.75) is 13.5 Å². The maximum Gasteiger partial charge on any atom is 0.335 e. The molecule has 26 heavy (non-hydrogen) atoms. The number of aryl methyl sites for hydroxylation is 1. The van der Waals surface area contributed by atoms with Gasteiger partial charge in [0.05, 0.1) is 6.54 Å². The summed E-state index contributed by atoms with van der Waals surface area (Å²) in [6, 6.07) is 6.52. The highest BCUT2D eigenvalue weighted by molar-refractivity contribution is 7.09. The van der Waals surface area contributed by atoms with Crippen LogP contribution in [-0.2, 0) is 20.9 Å². The zero-order chi connectivity index (χ0) is 18.8. The van der Waals surface area contributed by atoms with Crippen molar-refractivity contribution in [1.82, 2.24) is 9.80 Å². The molecule has 134 valence electrons. The molecular formula is C17H14FN3O4S. The van der Waals surface area contributed by atoms with Crippen LogP contribution in [0.1, 0.15) is 10.4 Å². The molecule has 0 unspecified atom stereocenters. The number of hydrogen-bond donors (Lipinski definition) is 1. The Hall–Kier alpha value is -3.07. The van der Waals surface area contributed by atoms with Crippen LogP contribution < -0.4 is 5.32 Å². The van der Waals surface area contributed by atoms with Crippen molar-refractivity contribution in [1.29, 1.82) is 0 Å². The summed E-state index contributed by atoms with van der Waals surface area (Å²) in [5.41, 5.74) is 0.852. The lowest BCUT2D eigenvalue weighted by molar-refractivity contribution is -0.143. The van der Waals surface area contributed by atoms with E-state index in [9.17, 15) is 23.6 Å². The van der Waals surface area contributed by atoms with E-state index in [0.29, 0.717) is 10.5 Å². The highest BCUT2D eigenvalue weighted by Gasteiger charge is 2.45. The summed E-state index contributed by atoms with van der Waals surface area (Å²) in [5, 5.41) is 4.23. The molecule has 1 fully saturated rings. The molecule has 3 rings (SSSR count). The number of nitrogens with zero attached hydrogens (tertiary/aromatic N) is 2. The van der Waals surface area contributed by atoms with Crippen LogP contribution in [-0.4, -0.2) is 40.1 Å². The van der Waals surface area contributed by atoms with Gasteiger partial charge in [0, 0.05) is 10.6 Å². The van der Waals surface area contributed by atoms with Crippen LogP contribution in [0.3, 0.4) is 0 Å². The molecule has 0 saturated carbocycles. The van der Waals surface area contributed by atoms with E-state index in [1.807, 2.05) is 0 Å². The number of hydrogen-bond acceptors (Lipinski definition) is 5. The zero-order valence-electron chi connectivity index (χ0n) is 13.7. The minimum absolute atomic E-state index is 0.0256. The first-order valence-corrected chi connectivity index (χ1v) is 8.50. The van der Waals surface area contributed by atoms with Crippen LogP contribution >= 0.6 is 11.3 Å². The third kappa shape index (κ3) is 3.47. The highest BCUT2D eigenvalue weighted by atomic mass is 32.1. The fourth-order valence-electron chi connectivity index (χ4n) is 2.45. The molecule has 1 aliphatic heterocycles. The molecule has 1 aromatic carbocycles. The minimum atomic E-state index is -1.06. The van der Waals surface area contributed by atoms with Gasteiger partial charge in [-0.3, -0.25) is 19.3 Å². The summed E-state index contributed by atoms with van der Waals surface area (Å²) < 4.78 is 13.3. The molecule has 0 atom stereocenters. The van der Waals surface area contributed by atoms with Crippen molar-refractivity contribution >= 4 is 40.8 Å². The van der Waals surface area contributed by atoms with Gasteiger partial charge in [0.1, 0.15) is 12.4 Å². The molecule has 9 heteroatoms. The van der Waals surface area contributed by atoms with Crippen molar-refractivity contribution in [2.75, 3.05) is 11.9 Å². The molecular weight excluding hydrogens is 361 g/mol. The van der Waals surface area contributed by atoms with Crippen molar-refractivity contribution in [2.24, 2.45) is 0 Å². The molecule has 1 saturated heterocycles. The normalized spacial score (nSPS) is 14.3. The Labute approximate surface area is 152 Å². The lowest BCUT2D eigenvalue weighted by Gasteiger charge is -2.15. The Morgan fingerprint density at radius 1 is 1.15 bits per heavy atom. The maximum atomic E-state index is 13.3. The standard InChI is InChI=1S/C17H14FN3O4S/c1-10-4-5-11(18)7-13(10)19-14(22)9-21-16(24)15(23)20(17(21)25)8-12-3-2-6-26-12/h2-7H,8-9H2,1H3,(H,19,22). The maximum absolute atomic E-state index is 13.3. The van der Waals surface area contributed by atoms with Gasteiger partial charge in [-0.25, -0.2) is 14.1 Å². The molecule has 1 N–H and O–H groups in total. The lowest BCUT2D eigenvalue weighted by atomic mass is 10.2. The SMILES string of the molecule is Cc1ccc(F)cc1NC(=O)CN1C(=O)C(=O)N(Cc2cccs2)C1=O. The second-order valence-corrected chi connectivity index (χ2v) is 6.68. The topological polar surface area (TPSA) is 86.8 Å². The van der Waals surface area contributed by atoms with E-state index in [0.717, 1.165) is 15.8 Å². The molecule has 0 spiro atoms. The molecule has 1 aromatic heterocycles. The second-order valence-electron chi connectivity index (χ2n) is 5.65. The van der Waals surface area contributed by atoms with Crippen LogP contribution in [0.4, 0.5) is 14.9 Å². The number of anilines is 1. The first-order valence-electron chi connectivity index (χ1n) is 7.62. The number of rotatable bonds is 5. The van der Waals surface area contributed by atoms with Crippen molar-refractivity contribution in [3.05, 3.63) is 52.0 Å². The summed E-state index contributed by atoms with van der Waals surface area (Å²) in [6.45, 7) is 1.02. The van der Waals surface area contributed by atoms with E-state index >= 15 is 0 Å². The third-order valence-corrected chi connectivity index (χ3v) is 4.67. The predicted octanol–water partition coefficient (Wildman–Crippen LogP) is 2.13. The largest absolute Gasteiger partial charge is 0.335 e. The molecule has 2 aromatic rings. The Kier molecular flexibility index (Phi) is 4.81. The summed E-state index contributed by atoms with van der Waals surface area (Å²) in [5.74, 6) is -3.27. The average molecular weight is 375 g/mol. The average Bonchev–Trinajstić information content (AvgIpc) is 3.17. The van der Waals surface area contributed by atoms with Crippen molar-refractivity contribution in [3.63, 3.8) is 0 Å². The molecule has 0 aliphatic carbocycles. The first-order chi connectivity index (χ1) is 12.4. The van der Waals surface area contributed by atoms with Gasteiger partial charge in [0.25, 0.3) is 0 Å². The summed E-state index contributed by atoms with van der Waals surface area (Å²) in [7, 11) is 0. The number of thiophene rings is 1. The van der Waals surface area contributed by atoms with E-state index in [1.54, 1.807) is 24.4 Å². The second kappa shape index (κ2) is 7.04. The van der Waals surface area contributed by atoms with Gasteiger partial charge in [-0.1, -0.05) is 12.1 Å². The molecule has 0 bridgehead atoms. The van der Waals surface area contributed by atoms with E-state index in [1.165, 1.54) is 23.5 Å². The van der Waals surface area contributed by atoms with Gasteiger partial charge >= 0.3 is 17.8 Å². The fraction of sp³-hybridized carbons (Fsp3) is 0.176. The van der Waals surface area contributed by atoms with Crippen LogP contribution in [0.15, 0.2) is 35.7 Å². The summed E-state index contributed by atoms with van der Waals surface area (Å²) in [6.07, 6.45) is 0. The number of carbonyl (C=O) groups excluding carboxylic acids is 4. The van der Waals surface area contributed by atoms with Gasteiger partial charge in [-0.2, -0.15) is 0 Å². The van der Waals surface area contributed by atoms with Crippen LogP contribution in [0.2, 0.25) is 0 Å². The van der Waals surface area contributed by atoms with Gasteiger partial charge in [-0.05, 0) is 36.1 Å². The van der Waals surface area contributed by atoms with Crippen LogP contribution in [0, 0.1) is 12.7 Å². The zero-order valence-corrected chi connectivity index (χ0v) is 14.5. The Balaban J connectivity index is 1.69. The third-order valence-electron chi connectivity index (χ3n) is 3.80. The predicted molar refractivity (Wildman–Crippen MR) is 91.7 cm³/mol. The Morgan fingerprint density at radius 3 is 2.58 bits per heavy atom. The highest BCUT2D eigenvalue weighted by Crippen LogP contribution is 2.20. The number of urea groups is 1. The van der Waals surface area contributed by atoms with Crippen molar-refractivity contribution < 1.29 is 23.6 Å². The molecule has 7 nitrogen and oxygen atoms in total. The number of halogens is 1. The fourth-order valence-corrected chi connectivity index (χ4v) is 3.14.